The molecule has 0 spiro atoms. The summed E-state index contributed by atoms with van der Waals surface area (Å²) in [5, 5.41) is 0. The Bertz CT molecular complexity index is 233. The van der Waals surface area contributed by atoms with Crippen molar-refractivity contribution in [1.29, 1.82) is 0 Å². The molecule has 5 nitrogen and oxygen atoms in total. The molecule has 0 heterocycles. The van der Waals surface area contributed by atoms with E-state index >= 15 is 0 Å². The van der Waals surface area contributed by atoms with Crippen LogP contribution in [0.1, 0.15) is 32.6 Å². The van der Waals surface area contributed by atoms with Gasteiger partial charge in [0.15, 0.2) is 5.78 Å². The molecule has 0 aromatic carbocycles. The molecule has 0 bridgehead atoms. The Morgan fingerprint density at radius 2 is 1.50 bits per heavy atom. The Morgan fingerprint density at radius 1 is 1.00 bits per heavy atom. The van der Waals surface area contributed by atoms with Crippen molar-refractivity contribution in [2.75, 3.05) is 21.3 Å². The third kappa shape index (κ3) is 4.72. The highest BCUT2D eigenvalue weighted by atomic mass is 16.7. The largest absolute Gasteiger partial charge is 0.469 e. The van der Waals surface area contributed by atoms with Crippen molar-refractivity contribution in [2.45, 2.75) is 38.4 Å². The Labute approximate surface area is 96.1 Å². The summed E-state index contributed by atoms with van der Waals surface area (Å²) in [6, 6.07) is 0. The first-order valence-corrected chi connectivity index (χ1v) is 5.20. The summed E-state index contributed by atoms with van der Waals surface area (Å²) in [6.07, 6.45) is 1.91. The molecule has 0 atom stereocenters. The number of hydrogen-bond donors (Lipinski definition) is 0. The van der Waals surface area contributed by atoms with E-state index in [0.29, 0.717) is 25.7 Å². The molecule has 0 unspecified atom stereocenters. The van der Waals surface area contributed by atoms with Crippen LogP contribution in [0.25, 0.3) is 0 Å². The van der Waals surface area contributed by atoms with E-state index in [1.807, 2.05) is 0 Å². The molecule has 0 saturated heterocycles. The van der Waals surface area contributed by atoms with Crippen molar-refractivity contribution in [3.8, 4) is 0 Å². The van der Waals surface area contributed by atoms with Gasteiger partial charge in [-0.1, -0.05) is 0 Å². The van der Waals surface area contributed by atoms with E-state index in [1.165, 1.54) is 21.3 Å². The number of Topliss-reactive ketones (excluding diaryl/α,β-unsaturated/α-hetero) is 1. The van der Waals surface area contributed by atoms with E-state index in [4.69, 9.17) is 9.47 Å². The number of methoxy groups -OCH3 is 3. The van der Waals surface area contributed by atoms with E-state index in [-0.39, 0.29) is 11.8 Å². The summed E-state index contributed by atoms with van der Waals surface area (Å²) in [5.41, 5.74) is 0. The van der Waals surface area contributed by atoms with Crippen LogP contribution in [0.2, 0.25) is 0 Å². The van der Waals surface area contributed by atoms with Crippen LogP contribution in [0.4, 0.5) is 0 Å². The average molecular weight is 232 g/mol. The highest BCUT2D eigenvalue weighted by Gasteiger charge is 2.31. The van der Waals surface area contributed by atoms with Crippen molar-refractivity contribution >= 4 is 11.8 Å². The number of ether oxygens (including phenoxy) is 3. The molecule has 0 aliphatic carbocycles. The van der Waals surface area contributed by atoms with E-state index in [0.717, 1.165) is 0 Å². The van der Waals surface area contributed by atoms with Gasteiger partial charge in [0.05, 0.1) is 7.11 Å². The minimum atomic E-state index is -1.18. The zero-order chi connectivity index (χ0) is 12.6. The second-order valence-electron chi connectivity index (χ2n) is 3.56. The second kappa shape index (κ2) is 7.35. The van der Waals surface area contributed by atoms with Gasteiger partial charge in [-0.2, -0.15) is 0 Å². The van der Waals surface area contributed by atoms with Crippen LogP contribution < -0.4 is 0 Å². The van der Waals surface area contributed by atoms with Gasteiger partial charge in [0.1, 0.15) is 0 Å². The second-order valence-corrected chi connectivity index (χ2v) is 3.56. The molecule has 0 aliphatic heterocycles. The first-order valence-electron chi connectivity index (χ1n) is 5.20. The van der Waals surface area contributed by atoms with E-state index in [9.17, 15) is 9.59 Å². The monoisotopic (exact) mass is 232 g/mol. The van der Waals surface area contributed by atoms with Crippen LogP contribution >= 0.6 is 0 Å². The maximum Gasteiger partial charge on any atom is 0.305 e. The minimum absolute atomic E-state index is 0.123. The molecule has 94 valence electrons. The maximum atomic E-state index is 11.7. The topological polar surface area (TPSA) is 61.8 Å². The molecule has 5 heteroatoms. The van der Waals surface area contributed by atoms with Crippen molar-refractivity contribution < 1.29 is 23.8 Å². The van der Waals surface area contributed by atoms with Crippen LogP contribution in [-0.2, 0) is 23.8 Å². The summed E-state index contributed by atoms with van der Waals surface area (Å²) in [7, 11) is 4.20. The molecule has 0 rings (SSSR count). The third-order valence-electron chi connectivity index (χ3n) is 2.55. The van der Waals surface area contributed by atoms with Gasteiger partial charge in [-0.05, 0) is 19.8 Å². The fraction of sp³-hybridized carbons (Fsp3) is 0.818. The molecule has 16 heavy (non-hydrogen) atoms. The zero-order valence-corrected chi connectivity index (χ0v) is 10.4. The first kappa shape index (κ1) is 15.1. The number of ketones is 1. The number of esters is 1. The lowest BCUT2D eigenvalue weighted by atomic mass is 10.1. The SMILES string of the molecule is COC(=O)CCCCC(=O)C(C)(OC)OC. The Hall–Kier alpha value is -0.940. The lowest BCUT2D eigenvalue weighted by molar-refractivity contribution is -0.199. The number of unbranched alkanes of at least 4 members (excludes halogenated alkanes) is 1. The fourth-order valence-electron chi connectivity index (χ4n) is 1.20. The molecule has 0 amide bonds. The molecule has 0 N–H and O–H groups in total. The zero-order valence-electron chi connectivity index (χ0n) is 10.4. The van der Waals surface area contributed by atoms with Crippen LogP contribution in [0.5, 0.6) is 0 Å². The number of rotatable bonds is 8. The predicted molar refractivity (Wildman–Crippen MR) is 57.9 cm³/mol. The molecule has 0 radical (unpaired) electrons. The van der Waals surface area contributed by atoms with Gasteiger partial charge in [-0.15, -0.1) is 0 Å². The van der Waals surface area contributed by atoms with Crippen LogP contribution in [-0.4, -0.2) is 38.9 Å². The third-order valence-corrected chi connectivity index (χ3v) is 2.55. The van der Waals surface area contributed by atoms with Gasteiger partial charge in [0.25, 0.3) is 0 Å². The summed E-state index contributed by atoms with van der Waals surface area (Å²) < 4.78 is 14.5. The maximum absolute atomic E-state index is 11.7. The highest BCUT2D eigenvalue weighted by molar-refractivity contribution is 5.85. The Morgan fingerprint density at radius 3 is 1.94 bits per heavy atom. The van der Waals surface area contributed by atoms with Gasteiger partial charge >= 0.3 is 5.97 Å². The normalized spacial score (nSPS) is 11.2. The van der Waals surface area contributed by atoms with Crippen molar-refractivity contribution in [3.63, 3.8) is 0 Å². The molecule has 0 aromatic heterocycles. The smallest absolute Gasteiger partial charge is 0.305 e. The molecular formula is C11H20O5. The molecule has 0 saturated carbocycles. The van der Waals surface area contributed by atoms with E-state index in [1.54, 1.807) is 6.92 Å². The van der Waals surface area contributed by atoms with Crippen LogP contribution in [0.15, 0.2) is 0 Å². The van der Waals surface area contributed by atoms with Crippen molar-refractivity contribution in [3.05, 3.63) is 0 Å². The minimum Gasteiger partial charge on any atom is -0.469 e. The van der Waals surface area contributed by atoms with Gasteiger partial charge in [-0.3, -0.25) is 9.59 Å². The molecular weight excluding hydrogens is 212 g/mol. The Kier molecular flexibility index (Phi) is 6.92. The van der Waals surface area contributed by atoms with Crippen molar-refractivity contribution in [1.82, 2.24) is 0 Å². The first-order chi connectivity index (χ1) is 7.50. The highest BCUT2D eigenvalue weighted by Crippen LogP contribution is 2.15. The summed E-state index contributed by atoms with van der Waals surface area (Å²) in [6.45, 7) is 1.58. The number of hydrogen-bond acceptors (Lipinski definition) is 5. The molecule has 0 aromatic rings. The number of carbonyl (C=O) groups is 2. The van der Waals surface area contributed by atoms with Crippen LogP contribution in [0.3, 0.4) is 0 Å². The van der Waals surface area contributed by atoms with Crippen molar-refractivity contribution in [2.24, 2.45) is 0 Å². The lowest BCUT2D eigenvalue weighted by Crippen LogP contribution is -2.39. The lowest BCUT2D eigenvalue weighted by Gasteiger charge is -2.24. The summed E-state index contributed by atoms with van der Waals surface area (Å²) in [5.74, 6) is -1.55. The molecule has 0 fully saturated rings. The molecule has 0 aliphatic rings. The predicted octanol–water partition coefficient (Wildman–Crippen LogP) is 1.30. The standard InChI is InChI=1S/C11H20O5/c1-11(15-3,16-4)9(12)7-5-6-8-10(13)14-2/h5-8H2,1-4H3. The number of carbonyl (C=O) groups excluding carboxylic acids is 2. The van der Waals surface area contributed by atoms with Gasteiger partial charge in [0.2, 0.25) is 5.79 Å². The Balaban J connectivity index is 3.85. The summed E-state index contributed by atoms with van der Waals surface area (Å²) >= 11 is 0. The quantitative estimate of drug-likeness (QED) is 0.358. The fourth-order valence-corrected chi connectivity index (χ4v) is 1.20. The van der Waals surface area contributed by atoms with E-state index in [2.05, 4.69) is 4.74 Å². The van der Waals surface area contributed by atoms with Gasteiger partial charge in [0, 0.05) is 27.1 Å². The average Bonchev–Trinajstić information content (AvgIpc) is 2.32. The summed E-state index contributed by atoms with van der Waals surface area (Å²) in [4.78, 5) is 22.5. The van der Waals surface area contributed by atoms with E-state index < -0.39 is 5.79 Å². The van der Waals surface area contributed by atoms with Gasteiger partial charge in [-0.25, -0.2) is 0 Å². The van der Waals surface area contributed by atoms with Gasteiger partial charge < -0.3 is 14.2 Å². The van der Waals surface area contributed by atoms with Crippen LogP contribution in [0, 0.1) is 0 Å².